The average molecular weight is 923 g/mol. The Kier molecular flexibility index (Phi) is 51.1. The summed E-state index contributed by atoms with van der Waals surface area (Å²) in [6, 6.07) is -0.720. The molecule has 0 bridgehead atoms. The third-order valence-corrected chi connectivity index (χ3v) is 12.5. The summed E-state index contributed by atoms with van der Waals surface area (Å²) in [5.41, 5.74) is 0. The van der Waals surface area contributed by atoms with Crippen LogP contribution in [0.15, 0.2) is 72.9 Å². The summed E-state index contributed by atoms with van der Waals surface area (Å²) in [4.78, 5) is 26.2. The monoisotopic (exact) mass is 922 g/mol. The van der Waals surface area contributed by atoms with Crippen molar-refractivity contribution in [1.29, 1.82) is 0 Å². The molecule has 0 rings (SSSR count). The number of hydrogen-bond donors (Lipinski definition) is 3. The minimum Gasteiger partial charge on any atom is -0.462 e. The number of hydrogen-bond acceptors (Lipinski definition) is 5. The lowest BCUT2D eigenvalue weighted by Crippen LogP contribution is -2.46. The molecule has 6 nitrogen and oxygen atoms in total. The predicted octanol–water partition coefficient (Wildman–Crippen LogP) is 17.3. The van der Waals surface area contributed by atoms with Crippen LogP contribution in [0.4, 0.5) is 0 Å². The number of unbranched alkanes of at least 4 members (excludes halogenated alkanes) is 26. The fourth-order valence-electron chi connectivity index (χ4n) is 8.28. The highest BCUT2D eigenvalue weighted by Gasteiger charge is 2.24. The van der Waals surface area contributed by atoms with Crippen LogP contribution >= 0.6 is 0 Å². The Hall–Kier alpha value is -2.70. The second-order valence-electron chi connectivity index (χ2n) is 19.0. The summed E-state index contributed by atoms with van der Waals surface area (Å²) in [5.74, 6) is -0.539. The Balaban J connectivity index is 4.54. The van der Waals surface area contributed by atoms with Gasteiger partial charge in [0.15, 0.2) is 0 Å². The minimum absolute atomic E-state index is 0.0413. The van der Waals surface area contributed by atoms with Crippen LogP contribution in [0.1, 0.15) is 271 Å². The van der Waals surface area contributed by atoms with E-state index in [1.54, 1.807) is 0 Å². The van der Waals surface area contributed by atoms with Crippen molar-refractivity contribution in [1.82, 2.24) is 5.32 Å². The maximum Gasteiger partial charge on any atom is 0.306 e. The summed E-state index contributed by atoms with van der Waals surface area (Å²) in [6.07, 6.45) is 68.3. The lowest BCUT2D eigenvalue weighted by molar-refractivity contribution is -0.151. The Bertz CT molecular complexity index is 1220. The van der Waals surface area contributed by atoms with E-state index in [-0.39, 0.29) is 24.9 Å². The molecule has 66 heavy (non-hydrogen) atoms. The van der Waals surface area contributed by atoms with Crippen molar-refractivity contribution in [2.45, 2.75) is 289 Å². The topological polar surface area (TPSA) is 95.9 Å². The van der Waals surface area contributed by atoms with Crippen LogP contribution in [0.25, 0.3) is 0 Å². The smallest absolute Gasteiger partial charge is 0.306 e. The molecule has 0 radical (unpaired) electrons. The second kappa shape index (κ2) is 53.3. The number of ether oxygens (including phenoxy) is 1. The zero-order valence-corrected chi connectivity index (χ0v) is 43.6. The van der Waals surface area contributed by atoms with Gasteiger partial charge in [-0.05, 0) is 89.9 Å². The first kappa shape index (κ1) is 63.3. The number of esters is 1. The Morgan fingerprint density at radius 1 is 0.455 bits per heavy atom. The molecule has 0 aliphatic heterocycles. The molecule has 0 aliphatic carbocycles. The number of aliphatic hydroxyl groups is 2. The molecule has 0 fully saturated rings. The first-order chi connectivity index (χ1) is 32.5. The molecule has 3 atom stereocenters. The van der Waals surface area contributed by atoms with E-state index in [0.29, 0.717) is 19.3 Å². The lowest BCUT2D eigenvalue weighted by atomic mass is 10.0. The molecule has 3 N–H and O–H groups in total. The predicted molar refractivity (Wildman–Crippen MR) is 287 cm³/mol. The van der Waals surface area contributed by atoms with E-state index in [1.165, 1.54) is 128 Å². The Morgan fingerprint density at radius 2 is 0.833 bits per heavy atom. The summed E-state index contributed by atoms with van der Waals surface area (Å²) in [6.45, 7) is 6.36. The molecule has 0 saturated carbocycles. The zero-order chi connectivity index (χ0) is 48.1. The Morgan fingerprint density at radius 3 is 1.29 bits per heavy atom. The molecule has 3 unspecified atom stereocenters. The number of allylic oxidation sites excluding steroid dienone is 12. The summed E-state index contributed by atoms with van der Waals surface area (Å²) < 4.78 is 5.91. The van der Waals surface area contributed by atoms with Crippen molar-refractivity contribution in [2.75, 3.05) is 6.61 Å². The molecule has 6 heteroatoms. The van der Waals surface area contributed by atoms with Crippen molar-refractivity contribution >= 4 is 11.9 Å². The van der Waals surface area contributed by atoms with Crippen molar-refractivity contribution in [3.8, 4) is 0 Å². The lowest BCUT2D eigenvalue weighted by Gasteiger charge is -2.24. The van der Waals surface area contributed by atoms with Gasteiger partial charge in [0.05, 0.1) is 25.2 Å². The zero-order valence-electron chi connectivity index (χ0n) is 43.6. The van der Waals surface area contributed by atoms with E-state index in [9.17, 15) is 19.8 Å². The number of amides is 1. The largest absolute Gasteiger partial charge is 0.462 e. The van der Waals surface area contributed by atoms with Gasteiger partial charge in [-0.3, -0.25) is 9.59 Å². The van der Waals surface area contributed by atoms with Gasteiger partial charge in [0, 0.05) is 6.42 Å². The number of rotatable bonds is 50. The van der Waals surface area contributed by atoms with Gasteiger partial charge in [-0.1, -0.05) is 241 Å². The first-order valence-electron chi connectivity index (χ1n) is 28.2. The van der Waals surface area contributed by atoms with E-state index in [4.69, 9.17) is 4.74 Å². The van der Waals surface area contributed by atoms with Gasteiger partial charge in [-0.2, -0.15) is 0 Å². The number of nitrogens with one attached hydrogen (secondary N) is 1. The first-order valence-corrected chi connectivity index (χ1v) is 28.2. The molecule has 0 aliphatic rings. The van der Waals surface area contributed by atoms with E-state index in [1.807, 2.05) is 0 Å². The van der Waals surface area contributed by atoms with Gasteiger partial charge in [0.2, 0.25) is 5.91 Å². The van der Waals surface area contributed by atoms with Gasteiger partial charge in [-0.25, -0.2) is 0 Å². The van der Waals surface area contributed by atoms with Gasteiger partial charge in [0.25, 0.3) is 0 Å². The van der Waals surface area contributed by atoms with Crippen molar-refractivity contribution < 1.29 is 24.5 Å². The quantitative estimate of drug-likeness (QED) is 0.0321. The molecule has 0 saturated heterocycles. The van der Waals surface area contributed by atoms with Crippen molar-refractivity contribution in [2.24, 2.45) is 0 Å². The number of carbonyl (C=O) groups excluding carboxylic acids is 2. The normalized spacial score (nSPS) is 13.7. The second-order valence-corrected chi connectivity index (χ2v) is 19.0. The summed E-state index contributed by atoms with van der Waals surface area (Å²) in [5, 5.41) is 23.8. The fraction of sp³-hybridized carbons (Fsp3) is 0.767. The standard InChI is InChI=1S/C60H107NO5/c1-4-7-10-13-16-19-22-24-26-28-29-31-33-35-38-41-44-47-50-53-60(65)66-56(51-48-45-42-39-36-21-18-15-12-9-6-3)54-59(64)61-57(55-62)58(63)52-49-46-43-40-37-34-32-30-27-25-23-20-17-14-11-8-5-2/h7,10,16,19,24,26,29,31,35,38-39,42,56-58,62-63H,4-6,8-9,11-15,17-18,20-23,25,27-28,30,32-34,36-37,40-41,43-55H2,1-3H3,(H,61,64)/b10-7-,19-16-,26-24-,31-29-,38-35-,42-39-. The Labute approximate surface area is 409 Å². The van der Waals surface area contributed by atoms with Crippen LogP contribution < -0.4 is 5.32 Å². The minimum atomic E-state index is -0.803. The molecule has 0 aromatic heterocycles. The van der Waals surface area contributed by atoms with Crippen molar-refractivity contribution in [3.63, 3.8) is 0 Å². The van der Waals surface area contributed by atoms with Crippen LogP contribution in [-0.4, -0.2) is 46.9 Å². The molecule has 1 amide bonds. The van der Waals surface area contributed by atoms with Gasteiger partial charge in [0.1, 0.15) is 6.10 Å². The van der Waals surface area contributed by atoms with E-state index in [2.05, 4.69) is 99.0 Å². The third-order valence-electron chi connectivity index (χ3n) is 12.5. The maximum absolute atomic E-state index is 13.2. The number of carbonyl (C=O) groups is 2. The van der Waals surface area contributed by atoms with Crippen LogP contribution in [-0.2, 0) is 14.3 Å². The van der Waals surface area contributed by atoms with Crippen molar-refractivity contribution in [3.05, 3.63) is 72.9 Å². The molecular weight excluding hydrogens is 815 g/mol. The molecule has 0 aromatic rings. The maximum atomic E-state index is 13.2. The summed E-state index contributed by atoms with van der Waals surface area (Å²) >= 11 is 0. The highest BCUT2D eigenvalue weighted by atomic mass is 16.5. The van der Waals surface area contributed by atoms with E-state index >= 15 is 0 Å². The molecule has 0 aromatic carbocycles. The van der Waals surface area contributed by atoms with Crippen LogP contribution in [0.5, 0.6) is 0 Å². The van der Waals surface area contributed by atoms with Gasteiger partial charge < -0.3 is 20.3 Å². The van der Waals surface area contributed by atoms with Gasteiger partial charge >= 0.3 is 5.97 Å². The van der Waals surface area contributed by atoms with Crippen LogP contribution in [0, 0.1) is 0 Å². The van der Waals surface area contributed by atoms with Crippen LogP contribution in [0.2, 0.25) is 0 Å². The molecule has 0 heterocycles. The van der Waals surface area contributed by atoms with E-state index < -0.39 is 18.2 Å². The van der Waals surface area contributed by atoms with E-state index in [0.717, 1.165) is 96.3 Å². The third kappa shape index (κ3) is 47.8. The number of aliphatic hydroxyl groups excluding tert-OH is 2. The molecule has 382 valence electrons. The SMILES string of the molecule is CC/C=C\C/C=C\C/C=C\C/C=C\C/C=C\CCCCCC(=O)OC(CCC/C=C\CCCCCCCC)CC(=O)NC(CO)C(O)CCCCCCCCCCCCCCCCCCC. The highest BCUT2D eigenvalue weighted by molar-refractivity contribution is 5.77. The summed E-state index contributed by atoms with van der Waals surface area (Å²) in [7, 11) is 0. The average Bonchev–Trinajstić information content (AvgIpc) is 3.31. The molecule has 0 spiro atoms. The van der Waals surface area contributed by atoms with Gasteiger partial charge in [-0.15, -0.1) is 0 Å². The van der Waals surface area contributed by atoms with Crippen LogP contribution in [0.3, 0.4) is 0 Å². The highest BCUT2D eigenvalue weighted by Crippen LogP contribution is 2.17. The molecular formula is C60H107NO5. The fourth-order valence-corrected chi connectivity index (χ4v) is 8.28.